The number of hydrogen-bond donors (Lipinski definition) is 1. The van der Waals surface area contributed by atoms with Gasteiger partial charge in [0.05, 0.1) is 37.3 Å². The zero-order chi connectivity index (χ0) is 19.1. The van der Waals surface area contributed by atoms with E-state index in [4.69, 9.17) is 9.47 Å². The van der Waals surface area contributed by atoms with E-state index in [0.717, 1.165) is 6.07 Å². The molecular formula is C18H15FN2O5. The second-order valence-electron chi connectivity index (χ2n) is 4.95. The van der Waals surface area contributed by atoms with Crippen LogP contribution in [0, 0.1) is 27.8 Å². The average Bonchev–Trinajstić information content (AvgIpc) is 2.65. The SMILES string of the molecule is COc1cc(C(=O)NCC#Cc2ccccc2F)c([N+](=O)[O-])cc1OC. The molecule has 0 unspecified atom stereocenters. The van der Waals surface area contributed by atoms with Gasteiger partial charge in [-0.3, -0.25) is 14.9 Å². The van der Waals surface area contributed by atoms with E-state index >= 15 is 0 Å². The van der Waals surface area contributed by atoms with E-state index in [1.54, 1.807) is 12.1 Å². The van der Waals surface area contributed by atoms with E-state index in [1.165, 1.54) is 32.4 Å². The third-order valence-corrected chi connectivity index (χ3v) is 3.38. The highest BCUT2D eigenvalue weighted by molar-refractivity contribution is 5.99. The molecule has 0 saturated carbocycles. The van der Waals surface area contributed by atoms with Gasteiger partial charge >= 0.3 is 0 Å². The first-order valence-corrected chi connectivity index (χ1v) is 7.40. The molecule has 0 heterocycles. The van der Waals surface area contributed by atoms with Crippen molar-refractivity contribution in [2.75, 3.05) is 20.8 Å². The number of ether oxygens (including phenoxy) is 2. The van der Waals surface area contributed by atoms with Crippen molar-refractivity contribution in [3.05, 3.63) is 63.5 Å². The maximum absolute atomic E-state index is 13.4. The number of nitro groups is 1. The molecule has 0 saturated heterocycles. The normalized spacial score (nSPS) is 9.65. The molecule has 134 valence electrons. The molecule has 2 aromatic carbocycles. The van der Waals surface area contributed by atoms with Crippen LogP contribution in [0.2, 0.25) is 0 Å². The van der Waals surface area contributed by atoms with E-state index in [0.29, 0.717) is 0 Å². The molecule has 2 aromatic rings. The number of carbonyl (C=O) groups excluding carboxylic acids is 1. The highest BCUT2D eigenvalue weighted by Crippen LogP contribution is 2.34. The number of rotatable bonds is 5. The van der Waals surface area contributed by atoms with Crippen LogP contribution in [-0.4, -0.2) is 31.6 Å². The molecule has 8 heteroatoms. The molecule has 0 aromatic heterocycles. The summed E-state index contributed by atoms with van der Waals surface area (Å²) >= 11 is 0. The van der Waals surface area contributed by atoms with Crippen LogP contribution in [0.15, 0.2) is 36.4 Å². The second kappa shape index (κ2) is 8.48. The molecule has 1 N–H and O–H groups in total. The minimum Gasteiger partial charge on any atom is -0.493 e. The first kappa shape index (κ1) is 18.7. The Labute approximate surface area is 148 Å². The standard InChI is InChI=1S/C18H15FN2O5/c1-25-16-10-13(15(21(23)24)11-17(16)26-2)18(22)20-9-5-7-12-6-3-4-8-14(12)19/h3-4,6,8,10-11H,9H2,1-2H3,(H,20,22). The summed E-state index contributed by atoms with van der Waals surface area (Å²) in [5.41, 5.74) is -0.429. The Morgan fingerprint density at radius 3 is 2.50 bits per heavy atom. The van der Waals surface area contributed by atoms with Crippen molar-refractivity contribution in [3.63, 3.8) is 0 Å². The number of carbonyl (C=O) groups is 1. The molecule has 7 nitrogen and oxygen atoms in total. The van der Waals surface area contributed by atoms with E-state index in [9.17, 15) is 19.3 Å². The van der Waals surface area contributed by atoms with Crippen LogP contribution in [0.4, 0.5) is 10.1 Å². The van der Waals surface area contributed by atoms with Gasteiger partial charge < -0.3 is 14.8 Å². The molecule has 2 rings (SSSR count). The first-order valence-electron chi connectivity index (χ1n) is 7.40. The number of methoxy groups -OCH3 is 2. The molecule has 0 aliphatic heterocycles. The van der Waals surface area contributed by atoms with Crippen LogP contribution >= 0.6 is 0 Å². The second-order valence-corrected chi connectivity index (χ2v) is 4.95. The van der Waals surface area contributed by atoms with Crippen LogP contribution in [0.5, 0.6) is 11.5 Å². The number of nitrogens with one attached hydrogen (secondary N) is 1. The minimum absolute atomic E-state index is 0.112. The third-order valence-electron chi connectivity index (χ3n) is 3.38. The molecule has 0 bridgehead atoms. The van der Waals surface area contributed by atoms with Crippen molar-refractivity contribution in [1.82, 2.24) is 5.32 Å². The monoisotopic (exact) mass is 358 g/mol. The number of amides is 1. The van der Waals surface area contributed by atoms with Gasteiger partial charge in [-0.25, -0.2) is 4.39 Å². The fraction of sp³-hybridized carbons (Fsp3) is 0.167. The van der Waals surface area contributed by atoms with Crippen LogP contribution in [0.3, 0.4) is 0 Å². The van der Waals surface area contributed by atoms with Gasteiger partial charge in [-0.05, 0) is 12.1 Å². The first-order chi connectivity index (χ1) is 12.5. The molecule has 0 fully saturated rings. The number of nitro benzene ring substituents is 1. The maximum atomic E-state index is 13.4. The summed E-state index contributed by atoms with van der Waals surface area (Å²) < 4.78 is 23.5. The van der Waals surface area contributed by atoms with Crippen molar-refractivity contribution >= 4 is 11.6 Å². The zero-order valence-electron chi connectivity index (χ0n) is 14.0. The van der Waals surface area contributed by atoms with Gasteiger partial charge in [0.25, 0.3) is 11.6 Å². The minimum atomic E-state index is -0.708. The summed E-state index contributed by atoms with van der Waals surface area (Å²) in [7, 11) is 2.69. The largest absolute Gasteiger partial charge is 0.493 e. The smallest absolute Gasteiger partial charge is 0.286 e. The van der Waals surface area contributed by atoms with Gasteiger partial charge in [0, 0.05) is 6.07 Å². The van der Waals surface area contributed by atoms with E-state index < -0.39 is 22.3 Å². The fourth-order valence-electron chi connectivity index (χ4n) is 2.12. The average molecular weight is 358 g/mol. The molecule has 0 aliphatic rings. The summed E-state index contributed by atoms with van der Waals surface area (Å²) in [5.74, 6) is 4.31. The summed E-state index contributed by atoms with van der Waals surface area (Å²) in [4.78, 5) is 22.8. The van der Waals surface area contributed by atoms with Gasteiger partial charge in [0.2, 0.25) is 0 Å². The Bertz CT molecular complexity index is 902. The highest BCUT2D eigenvalue weighted by Gasteiger charge is 2.24. The van der Waals surface area contributed by atoms with Gasteiger partial charge in [-0.1, -0.05) is 24.0 Å². The maximum Gasteiger partial charge on any atom is 0.286 e. The van der Waals surface area contributed by atoms with Crippen molar-refractivity contribution in [2.45, 2.75) is 0 Å². The number of benzene rings is 2. The fourth-order valence-corrected chi connectivity index (χ4v) is 2.12. The third kappa shape index (κ3) is 4.27. The van der Waals surface area contributed by atoms with Crippen molar-refractivity contribution in [2.24, 2.45) is 0 Å². The van der Waals surface area contributed by atoms with E-state index in [2.05, 4.69) is 17.2 Å². The zero-order valence-corrected chi connectivity index (χ0v) is 14.0. The van der Waals surface area contributed by atoms with E-state index in [1.807, 2.05) is 0 Å². The van der Waals surface area contributed by atoms with Crippen LogP contribution in [0.25, 0.3) is 0 Å². The van der Waals surface area contributed by atoms with Crippen LogP contribution in [0.1, 0.15) is 15.9 Å². The molecule has 0 spiro atoms. The molecular weight excluding hydrogens is 343 g/mol. The summed E-state index contributed by atoms with van der Waals surface area (Å²) in [6.45, 7) is -0.112. The van der Waals surface area contributed by atoms with E-state index in [-0.39, 0.29) is 29.2 Å². The lowest BCUT2D eigenvalue weighted by Gasteiger charge is -2.10. The molecule has 0 radical (unpaired) electrons. The highest BCUT2D eigenvalue weighted by atomic mass is 19.1. The van der Waals surface area contributed by atoms with Gasteiger partial charge in [-0.15, -0.1) is 0 Å². The van der Waals surface area contributed by atoms with Gasteiger partial charge in [0.1, 0.15) is 11.4 Å². The Hall–Kier alpha value is -3.60. The van der Waals surface area contributed by atoms with Gasteiger partial charge in [-0.2, -0.15) is 0 Å². The number of hydrogen-bond acceptors (Lipinski definition) is 5. The summed E-state index contributed by atoms with van der Waals surface area (Å²) in [6.07, 6.45) is 0. The molecule has 1 amide bonds. The molecule has 26 heavy (non-hydrogen) atoms. The lowest BCUT2D eigenvalue weighted by molar-refractivity contribution is -0.385. The topological polar surface area (TPSA) is 90.7 Å². The van der Waals surface area contributed by atoms with Crippen molar-refractivity contribution in [3.8, 4) is 23.3 Å². The lowest BCUT2D eigenvalue weighted by atomic mass is 10.1. The Morgan fingerprint density at radius 2 is 1.88 bits per heavy atom. The predicted octanol–water partition coefficient (Wildman–Crippen LogP) is 2.53. The lowest BCUT2D eigenvalue weighted by Crippen LogP contribution is -2.24. The summed E-state index contributed by atoms with van der Waals surface area (Å²) in [6, 6.07) is 8.28. The predicted molar refractivity (Wildman–Crippen MR) is 91.8 cm³/mol. The van der Waals surface area contributed by atoms with Crippen molar-refractivity contribution in [1.29, 1.82) is 0 Å². The van der Waals surface area contributed by atoms with Crippen LogP contribution in [-0.2, 0) is 0 Å². The summed E-state index contributed by atoms with van der Waals surface area (Å²) in [5, 5.41) is 13.6. The Balaban J connectivity index is 2.19. The molecule has 0 atom stereocenters. The Morgan fingerprint density at radius 1 is 1.23 bits per heavy atom. The molecule has 0 aliphatic carbocycles. The van der Waals surface area contributed by atoms with Gasteiger partial charge in [0.15, 0.2) is 11.5 Å². The quantitative estimate of drug-likeness (QED) is 0.504. The Kier molecular flexibility index (Phi) is 6.11. The number of nitrogens with zero attached hydrogens (tertiary/aromatic N) is 1. The van der Waals surface area contributed by atoms with Crippen molar-refractivity contribution < 1.29 is 23.6 Å². The number of halogens is 1. The van der Waals surface area contributed by atoms with Crippen LogP contribution < -0.4 is 14.8 Å².